The molecule has 36 heavy (non-hydrogen) atoms. The molecule has 7 aliphatic carbocycles. The number of hydrogen-bond donors (Lipinski definition) is 0. The fourth-order valence-corrected chi connectivity index (χ4v) is 13.5. The summed E-state index contributed by atoms with van der Waals surface area (Å²) in [5.41, 5.74) is 0. The van der Waals surface area contributed by atoms with Crippen LogP contribution in [0.1, 0.15) is 154 Å². The van der Waals surface area contributed by atoms with Crippen LogP contribution in [0.2, 0.25) is 0 Å². The average molecular weight is 493 g/mol. The maximum Gasteiger partial charge on any atom is -0.0352 e. The highest BCUT2D eigenvalue weighted by Crippen LogP contribution is 2.60. The van der Waals surface area contributed by atoms with Crippen molar-refractivity contribution in [3.8, 4) is 0 Å². The fraction of sp³-hybridized carbons (Fsp3) is 1.00. The molecule has 0 amide bonds. The van der Waals surface area contributed by atoms with E-state index in [2.05, 4.69) is 0 Å². The van der Waals surface area contributed by atoms with Crippen molar-refractivity contribution in [1.82, 2.24) is 0 Å². The molecule has 0 atom stereocenters. The topological polar surface area (TPSA) is 0 Å². The average Bonchev–Trinajstić information content (AvgIpc) is 2.97. The monoisotopic (exact) mass is 492 g/mol. The standard InChI is InChI=1S/C36H60/c1-2-14-26-25(13-1)27-15-3-4-17-29(27)31-19-7-8-21-33(31)35-23-11-12-24-36(35)34-22-10-9-20-32(34)30-18-6-5-16-28(26)30/h25-36H,1-24H2. The van der Waals surface area contributed by atoms with Crippen molar-refractivity contribution in [3.05, 3.63) is 0 Å². The number of fused-ring (bicyclic) bond motifs is 12. The van der Waals surface area contributed by atoms with E-state index in [1.165, 1.54) is 0 Å². The Morgan fingerprint density at radius 3 is 0.306 bits per heavy atom. The van der Waals surface area contributed by atoms with E-state index < -0.39 is 0 Å². The SMILES string of the molecule is C1CCC2C(C1)C1CCCCC1C1CCCCC1C1CCCCC1C1CCCCC1C1CCCCC21. The molecule has 0 N–H and O–H groups in total. The van der Waals surface area contributed by atoms with Crippen molar-refractivity contribution in [2.75, 3.05) is 0 Å². The van der Waals surface area contributed by atoms with E-state index in [0.717, 1.165) is 71.0 Å². The summed E-state index contributed by atoms with van der Waals surface area (Å²) in [6.45, 7) is 0. The van der Waals surface area contributed by atoms with E-state index >= 15 is 0 Å². The summed E-state index contributed by atoms with van der Waals surface area (Å²) in [6.07, 6.45) is 38.5. The molecule has 0 spiro atoms. The van der Waals surface area contributed by atoms with Crippen LogP contribution in [-0.2, 0) is 0 Å². The van der Waals surface area contributed by atoms with Gasteiger partial charge in [0.25, 0.3) is 0 Å². The summed E-state index contributed by atoms with van der Waals surface area (Å²) in [5.74, 6) is 13.5. The van der Waals surface area contributed by atoms with Crippen molar-refractivity contribution >= 4 is 0 Å². The Bertz CT molecular complexity index is 470. The van der Waals surface area contributed by atoms with Gasteiger partial charge < -0.3 is 0 Å². The molecule has 7 saturated carbocycles. The molecule has 7 fully saturated rings. The molecule has 0 nitrogen and oxygen atoms in total. The summed E-state index contributed by atoms with van der Waals surface area (Å²) in [5, 5.41) is 0. The minimum absolute atomic E-state index is 1.13. The van der Waals surface area contributed by atoms with Crippen LogP contribution in [0.4, 0.5) is 0 Å². The molecule has 0 saturated heterocycles. The Balaban J connectivity index is 1.32. The Labute approximate surface area is 224 Å². The van der Waals surface area contributed by atoms with Crippen LogP contribution >= 0.6 is 0 Å². The van der Waals surface area contributed by atoms with Gasteiger partial charge in [0, 0.05) is 0 Å². The van der Waals surface area contributed by atoms with Crippen molar-refractivity contribution in [1.29, 1.82) is 0 Å². The lowest BCUT2D eigenvalue weighted by molar-refractivity contribution is -0.0781. The van der Waals surface area contributed by atoms with E-state index in [-0.39, 0.29) is 0 Å². The molecule has 7 aliphatic rings. The highest BCUT2D eigenvalue weighted by atomic mass is 14.6. The smallest absolute Gasteiger partial charge is 0.0352 e. The van der Waals surface area contributed by atoms with Crippen LogP contribution in [0.25, 0.3) is 0 Å². The molecule has 0 aromatic heterocycles. The van der Waals surface area contributed by atoms with Crippen LogP contribution in [-0.4, -0.2) is 0 Å². The molecule has 0 radical (unpaired) electrons. The molecule has 0 aliphatic heterocycles. The van der Waals surface area contributed by atoms with E-state index in [1.54, 1.807) is 154 Å². The van der Waals surface area contributed by atoms with Crippen LogP contribution in [0.15, 0.2) is 0 Å². The van der Waals surface area contributed by atoms with Gasteiger partial charge in [-0.3, -0.25) is 0 Å². The fourth-order valence-electron chi connectivity index (χ4n) is 13.5. The first-order chi connectivity index (χ1) is 17.9. The molecular weight excluding hydrogens is 432 g/mol. The van der Waals surface area contributed by atoms with Gasteiger partial charge in [-0.25, -0.2) is 0 Å². The van der Waals surface area contributed by atoms with Gasteiger partial charge in [-0.2, -0.15) is 0 Å². The van der Waals surface area contributed by atoms with Crippen LogP contribution in [0, 0.1) is 71.0 Å². The maximum absolute atomic E-state index is 1.63. The molecular formula is C36H60. The van der Waals surface area contributed by atoms with Crippen molar-refractivity contribution < 1.29 is 0 Å². The van der Waals surface area contributed by atoms with E-state index in [1.807, 2.05) is 0 Å². The first kappa shape index (κ1) is 25.0. The molecule has 0 aromatic carbocycles. The number of rotatable bonds is 0. The second-order valence-corrected chi connectivity index (χ2v) is 15.7. The Kier molecular flexibility index (Phi) is 7.80. The van der Waals surface area contributed by atoms with Gasteiger partial charge in [0.2, 0.25) is 0 Å². The van der Waals surface area contributed by atoms with Gasteiger partial charge in [-0.15, -0.1) is 0 Å². The highest BCUT2D eigenvalue weighted by molar-refractivity contribution is 5.01. The van der Waals surface area contributed by atoms with Crippen molar-refractivity contribution in [2.24, 2.45) is 71.0 Å². The maximum atomic E-state index is 1.63. The van der Waals surface area contributed by atoms with Gasteiger partial charge in [0.15, 0.2) is 0 Å². The third kappa shape index (κ3) is 4.57. The molecule has 0 bridgehead atoms. The lowest BCUT2D eigenvalue weighted by atomic mass is 9.48. The zero-order valence-corrected chi connectivity index (χ0v) is 23.9. The van der Waals surface area contributed by atoms with Crippen molar-refractivity contribution in [2.45, 2.75) is 154 Å². The second kappa shape index (κ2) is 11.2. The first-order valence-electron chi connectivity index (χ1n) is 17.9. The van der Waals surface area contributed by atoms with Gasteiger partial charge >= 0.3 is 0 Å². The normalized spacial score (nSPS) is 52.0. The lowest BCUT2D eigenvalue weighted by Gasteiger charge is -2.57. The van der Waals surface area contributed by atoms with Crippen LogP contribution in [0.5, 0.6) is 0 Å². The largest absolute Gasteiger partial charge is 0.0530 e. The predicted octanol–water partition coefficient (Wildman–Crippen LogP) is 10.8. The van der Waals surface area contributed by atoms with E-state index in [9.17, 15) is 0 Å². The number of hydrogen-bond acceptors (Lipinski definition) is 0. The third-order valence-corrected chi connectivity index (χ3v) is 14.5. The zero-order valence-electron chi connectivity index (χ0n) is 23.9. The van der Waals surface area contributed by atoms with Gasteiger partial charge in [-0.1, -0.05) is 77.0 Å². The quantitative estimate of drug-likeness (QED) is 0.315. The first-order valence-corrected chi connectivity index (χ1v) is 17.9. The minimum atomic E-state index is 1.13. The predicted molar refractivity (Wildman–Crippen MR) is 153 cm³/mol. The van der Waals surface area contributed by atoms with Crippen LogP contribution in [0.3, 0.4) is 0 Å². The summed E-state index contributed by atoms with van der Waals surface area (Å²) in [4.78, 5) is 0. The Morgan fingerprint density at radius 2 is 0.222 bits per heavy atom. The summed E-state index contributed by atoms with van der Waals surface area (Å²) >= 11 is 0. The van der Waals surface area contributed by atoms with Gasteiger partial charge in [0.1, 0.15) is 0 Å². The molecule has 0 heterocycles. The zero-order chi connectivity index (χ0) is 23.9. The molecule has 0 aromatic rings. The van der Waals surface area contributed by atoms with Crippen LogP contribution < -0.4 is 0 Å². The molecule has 204 valence electrons. The van der Waals surface area contributed by atoms with Gasteiger partial charge in [0.05, 0.1) is 0 Å². The second-order valence-electron chi connectivity index (χ2n) is 15.7. The van der Waals surface area contributed by atoms with E-state index in [0.29, 0.717) is 0 Å². The minimum Gasteiger partial charge on any atom is -0.0530 e. The van der Waals surface area contributed by atoms with Crippen molar-refractivity contribution in [3.63, 3.8) is 0 Å². The van der Waals surface area contributed by atoms with Gasteiger partial charge in [-0.05, 0) is 148 Å². The molecule has 0 unspecified atom stereocenters. The molecule has 7 rings (SSSR count). The summed E-state index contributed by atoms with van der Waals surface area (Å²) < 4.78 is 0. The summed E-state index contributed by atoms with van der Waals surface area (Å²) in [7, 11) is 0. The third-order valence-electron chi connectivity index (χ3n) is 14.5. The summed E-state index contributed by atoms with van der Waals surface area (Å²) in [6, 6.07) is 0. The van der Waals surface area contributed by atoms with E-state index in [4.69, 9.17) is 0 Å². The molecule has 0 heteroatoms. The highest BCUT2D eigenvalue weighted by Gasteiger charge is 2.52. The Hall–Kier alpha value is 0. The Morgan fingerprint density at radius 1 is 0.139 bits per heavy atom. The lowest BCUT2D eigenvalue weighted by Crippen LogP contribution is -2.49.